The summed E-state index contributed by atoms with van der Waals surface area (Å²) < 4.78 is 18.1. The van der Waals surface area contributed by atoms with Crippen molar-refractivity contribution in [3.8, 4) is 0 Å². The number of hydrogen-bond donors (Lipinski definition) is 3. The van der Waals surface area contributed by atoms with Gasteiger partial charge in [0.25, 0.3) is 0 Å². The molecule has 0 radical (unpaired) electrons. The Hall–Kier alpha value is -2.55. The minimum absolute atomic E-state index is 0.153. The molecule has 1 heterocycles. The van der Waals surface area contributed by atoms with E-state index in [1.165, 1.54) is 44.1 Å². The van der Waals surface area contributed by atoms with E-state index in [0.717, 1.165) is 132 Å². The number of carbonyl (C=O) groups excluding carboxylic acids is 1. The molecule has 14 atom stereocenters. The van der Waals surface area contributed by atoms with Crippen LogP contribution in [-0.4, -0.2) is 64.7 Å². The van der Waals surface area contributed by atoms with Crippen LogP contribution in [0.15, 0.2) is 84.6 Å². The second kappa shape index (κ2) is 28.3. The lowest BCUT2D eigenvalue weighted by Gasteiger charge is -2.58. The van der Waals surface area contributed by atoms with Crippen LogP contribution in [0.1, 0.15) is 190 Å². The molecule has 0 aromatic rings. The molecule has 1 aliphatic heterocycles. The highest BCUT2D eigenvalue weighted by molar-refractivity contribution is 5.69. The topological polar surface area (TPSA) is 105 Å². The number of carbonyl (C=O) groups is 1. The molecule has 3 N–H and O–H groups in total. The number of aliphatic hydroxyl groups is 3. The summed E-state index contributed by atoms with van der Waals surface area (Å²) in [6, 6.07) is 0. The van der Waals surface area contributed by atoms with Crippen molar-refractivity contribution in [1.29, 1.82) is 0 Å². The highest BCUT2D eigenvalue weighted by Crippen LogP contribution is 2.67. The van der Waals surface area contributed by atoms with Gasteiger partial charge in [0.2, 0.25) is 0 Å². The molecule has 0 spiro atoms. The van der Waals surface area contributed by atoms with Gasteiger partial charge in [0.05, 0.1) is 6.10 Å². The number of ether oxygens (including phenoxy) is 3. The Morgan fingerprint density at radius 2 is 1.36 bits per heavy atom. The van der Waals surface area contributed by atoms with Crippen LogP contribution in [0.3, 0.4) is 0 Å². The van der Waals surface area contributed by atoms with Crippen LogP contribution in [0, 0.1) is 52.3 Å². The molecule has 3 saturated carbocycles. The SMILES string of the molecule is CC/C=C\C/C=C\C/C=C\C/C=C\C/C=C\C/C=C\CCCCCCC(=O)OCC1OC(OC2CCC3(C)C(=CCC4C3CCC3(C)C(C(C)CCC(C)C(C)C)CCC43)C2)C(O)C(O)C1O. The quantitative estimate of drug-likeness (QED) is 0.0428. The number of rotatable bonds is 27. The minimum atomic E-state index is -1.46. The first-order chi connectivity index (χ1) is 32.3. The van der Waals surface area contributed by atoms with Crippen LogP contribution in [0.5, 0.6) is 0 Å². The van der Waals surface area contributed by atoms with E-state index in [4.69, 9.17) is 14.2 Å². The standard InChI is InChI=1S/C60H96O7/c1-8-9-10-11-12-13-14-15-16-17-18-19-20-21-22-23-24-25-26-27-28-29-30-31-54(61)65-43-53-55(62)56(63)57(64)58(67-53)66-48-38-40-59(6)47(42-48)34-35-49-51-37-36-50(60(51,7)41-39-52(49)59)46(5)33-32-45(4)44(2)3/h9-10,12-13,15-16,18-19,21-22,24-25,34,44-46,48-53,55-58,62-64H,8,11,14,17,20,23,26-33,35-43H2,1-7H3/b10-9-,13-12-,16-15-,19-18-,22-21-,25-24-. The maximum atomic E-state index is 12.7. The molecule has 5 aliphatic rings. The monoisotopic (exact) mass is 929 g/mol. The summed E-state index contributed by atoms with van der Waals surface area (Å²) in [5.41, 5.74) is 2.10. The van der Waals surface area contributed by atoms with Crippen molar-refractivity contribution < 1.29 is 34.3 Å². The molecule has 5 rings (SSSR count). The van der Waals surface area contributed by atoms with Gasteiger partial charge in [-0.05, 0) is 161 Å². The smallest absolute Gasteiger partial charge is 0.305 e. The van der Waals surface area contributed by atoms with E-state index in [2.05, 4.69) is 127 Å². The predicted molar refractivity (Wildman–Crippen MR) is 276 cm³/mol. The van der Waals surface area contributed by atoms with Crippen molar-refractivity contribution in [3.63, 3.8) is 0 Å². The summed E-state index contributed by atoms with van der Waals surface area (Å²) in [5, 5.41) is 32.6. The number of allylic oxidation sites excluding steroid dienone is 13. The Bertz CT molecular complexity index is 1670. The number of esters is 1. The molecule has 378 valence electrons. The zero-order chi connectivity index (χ0) is 48.2. The zero-order valence-corrected chi connectivity index (χ0v) is 43.2. The summed E-state index contributed by atoms with van der Waals surface area (Å²) in [5.74, 6) is 5.09. The molecule has 67 heavy (non-hydrogen) atoms. The van der Waals surface area contributed by atoms with Crippen LogP contribution < -0.4 is 0 Å². The van der Waals surface area contributed by atoms with Crippen LogP contribution in [0.2, 0.25) is 0 Å². The largest absolute Gasteiger partial charge is 0.463 e. The molecule has 7 nitrogen and oxygen atoms in total. The van der Waals surface area contributed by atoms with Gasteiger partial charge in [-0.1, -0.05) is 159 Å². The van der Waals surface area contributed by atoms with Crippen LogP contribution in [0.4, 0.5) is 0 Å². The van der Waals surface area contributed by atoms with E-state index in [1.54, 1.807) is 0 Å². The van der Waals surface area contributed by atoms with Gasteiger partial charge in [-0.15, -0.1) is 0 Å². The fourth-order valence-corrected chi connectivity index (χ4v) is 12.9. The zero-order valence-electron chi connectivity index (χ0n) is 43.2. The minimum Gasteiger partial charge on any atom is -0.463 e. The summed E-state index contributed by atoms with van der Waals surface area (Å²) in [6.45, 7) is 16.9. The molecule has 7 heteroatoms. The second-order valence-corrected chi connectivity index (χ2v) is 22.3. The maximum Gasteiger partial charge on any atom is 0.305 e. The summed E-state index contributed by atoms with van der Waals surface area (Å²) >= 11 is 0. The van der Waals surface area contributed by atoms with E-state index in [-0.39, 0.29) is 24.1 Å². The van der Waals surface area contributed by atoms with Gasteiger partial charge >= 0.3 is 5.97 Å². The van der Waals surface area contributed by atoms with Gasteiger partial charge in [0.15, 0.2) is 6.29 Å². The van der Waals surface area contributed by atoms with Crippen molar-refractivity contribution in [2.45, 2.75) is 227 Å². The highest BCUT2D eigenvalue weighted by atomic mass is 16.7. The molecule has 0 aromatic heterocycles. The van der Waals surface area contributed by atoms with E-state index < -0.39 is 30.7 Å². The Labute approximate surface area is 408 Å². The van der Waals surface area contributed by atoms with Gasteiger partial charge in [0, 0.05) is 6.42 Å². The van der Waals surface area contributed by atoms with E-state index in [0.29, 0.717) is 17.8 Å². The molecule has 0 aromatic carbocycles. The molecular weight excluding hydrogens is 833 g/mol. The normalized spacial score (nSPS) is 34.5. The van der Waals surface area contributed by atoms with Crippen LogP contribution in [0.25, 0.3) is 0 Å². The summed E-state index contributed by atoms with van der Waals surface area (Å²) in [4.78, 5) is 12.7. The van der Waals surface area contributed by atoms with Gasteiger partial charge in [-0.2, -0.15) is 0 Å². The van der Waals surface area contributed by atoms with Crippen molar-refractivity contribution in [3.05, 3.63) is 84.6 Å². The average molecular weight is 929 g/mol. The first-order valence-corrected chi connectivity index (χ1v) is 27.4. The Kier molecular flexibility index (Phi) is 23.4. The Morgan fingerprint density at radius 3 is 2.00 bits per heavy atom. The lowest BCUT2D eigenvalue weighted by atomic mass is 9.47. The van der Waals surface area contributed by atoms with Crippen LogP contribution in [-0.2, 0) is 19.0 Å². The second-order valence-electron chi connectivity index (χ2n) is 22.3. The van der Waals surface area contributed by atoms with E-state index >= 15 is 0 Å². The van der Waals surface area contributed by atoms with Crippen LogP contribution >= 0.6 is 0 Å². The maximum absolute atomic E-state index is 12.7. The van der Waals surface area contributed by atoms with E-state index in [1.807, 2.05) is 0 Å². The van der Waals surface area contributed by atoms with Crippen molar-refractivity contribution in [1.82, 2.24) is 0 Å². The fourth-order valence-electron chi connectivity index (χ4n) is 12.9. The lowest BCUT2D eigenvalue weighted by molar-refractivity contribution is -0.313. The number of unbranched alkanes of at least 4 members (excludes halogenated alkanes) is 4. The predicted octanol–water partition coefficient (Wildman–Crippen LogP) is 14.0. The van der Waals surface area contributed by atoms with Crippen molar-refractivity contribution >= 4 is 5.97 Å². The summed E-state index contributed by atoms with van der Waals surface area (Å²) in [6.07, 6.45) is 45.8. The molecular formula is C60H96O7. The third-order valence-electron chi connectivity index (χ3n) is 17.5. The van der Waals surface area contributed by atoms with Gasteiger partial charge in [-0.25, -0.2) is 0 Å². The first kappa shape index (κ1) is 55.4. The number of hydrogen-bond acceptors (Lipinski definition) is 7. The fraction of sp³-hybridized carbons (Fsp3) is 0.750. The average Bonchev–Trinajstić information content (AvgIpc) is 3.68. The third-order valence-corrected chi connectivity index (χ3v) is 17.5. The molecule has 4 aliphatic carbocycles. The van der Waals surface area contributed by atoms with Gasteiger partial charge in [-0.3, -0.25) is 4.79 Å². The lowest BCUT2D eigenvalue weighted by Crippen LogP contribution is -2.60. The van der Waals surface area contributed by atoms with Crippen molar-refractivity contribution in [2.75, 3.05) is 6.61 Å². The number of aliphatic hydroxyl groups excluding tert-OH is 3. The summed E-state index contributed by atoms with van der Waals surface area (Å²) in [7, 11) is 0. The molecule has 0 bridgehead atoms. The van der Waals surface area contributed by atoms with Crippen molar-refractivity contribution in [2.24, 2.45) is 52.3 Å². The number of fused-ring (bicyclic) bond motifs is 5. The molecule has 14 unspecified atom stereocenters. The highest BCUT2D eigenvalue weighted by Gasteiger charge is 2.59. The van der Waals surface area contributed by atoms with Gasteiger partial charge < -0.3 is 29.5 Å². The molecule has 0 amide bonds. The van der Waals surface area contributed by atoms with E-state index in [9.17, 15) is 20.1 Å². The third kappa shape index (κ3) is 16.0. The Morgan fingerprint density at radius 1 is 0.731 bits per heavy atom. The molecule has 4 fully saturated rings. The first-order valence-electron chi connectivity index (χ1n) is 27.4. The Balaban J connectivity index is 0.949. The van der Waals surface area contributed by atoms with Gasteiger partial charge in [0.1, 0.15) is 31.0 Å². The molecule has 1 saturated heterocycles.